The van der Waals surface area contributed by atoms with Gasteiger partial charge >= 0.3 is 0 Å². The van der Waals surface area contributed by atoms with Crippen LogP contribution >= 0.6 is 11.6 Å². The van der Waals surface area contributed by atoms with E-state index in [0.717, 1.165) is 64.5 Å². The molecule has 1 aromatic heterocycles. The molecule has 2 N–H and O–H groups in total. The molecule has 0 bridgehead atoms. The Kier molecular flexibility index (Phi) is 5.43. The number of rotatable bonds is 3. The minimum absolute atomic E-state index is 0.0291. The fourth-order valence-corrected chi connectivity index (χ4v) is 4.96. The Bertz CT molecular complexity index is 1250. The Balaban J connectivity index is 1.60. The van der Waals surface area contributed by atoms with Crippen molar-refractivity contribution < 1.29 is 9.59 Å². The van der Waals surface area contributed by atoms with E-state index in [2.05, 4.69) is 6.08 Å². The minimum atomic E-state index is -0.333. The van der Waals surface area contributed by atoms with Crippen LogP contribution in [0.5, 0.6) is 0 Å². The van der Waals surface area contributed by atoms with Crippen LogP contribution in [0.1, 0.15) is 46.4 Å². The van der Waals surface area contributed by atoms with Gasteiger partial charge in [-0.1, -0.05) is 41.9 Å². The van der Waals surface area contributed by atoms with E-state index in [1.54, 1.807) is 4.90 Å². The quantitative estimate of drug-likeness (QED) is 0.634. The van der Waals surface area contributed by atoms with Crippen molar-refractivity contribution in [2.75, 3.05) is 13.1 Å². The summed E-state index contributed by atoms with van der Waals surface area (Å²) in [6.07, 6.45) is 5.24. The first-order valence-corrected chi connectivity index (χ1v) is 11.4. The number of hydrogen-bond donors (Lipinski definition) is 1. The minimum Gasteiger partial charge on any atom is -0.369 e. The van der Waals surface area contributed by atoms with Gasteiger partial charge in [-0.05, 0) is 66.7 Å². The van der Waals surface area contributed by atoms with Crippen LogP contribution in [-0.2, 0) is 11.2 Å². The van der Waals surface area contributed by atoms with Crippen molar-refractivity contribution in [3.8, 4) is 0 Å². The number of carbonyl (C=O) groups is 2. The average Bonchev–Trinajstić information content (AvgIpc) is 3.20. The van der Waals surface area contributed by atoms with Gasteiger partial charge in [-0.15, -0.1) is 0 Å². The number of piperidine rings is 1. The van der Waals surface area contributed by atoms with Crippen LogP contribution in [0, 0.1) is 5.92 Å². The first-order valence-electron chi connectivity index (χ1n) is 11.0. The van der Waals surface area contributed by atoms with Gasteiger partial charge in [0.25, 0.3) is 5.91 Å². The van der Waals surface area contributed by atoms with Gasteiger partial charge in [-0.25, -0.2) is 4.98 Å². The zero-order chi connectivity index (χ0) is 22.2. The van der Waals surface area contributed by atoms with Crippen LogP contribution in [-0.4, -0.2) is 34.8 Å². The number of aromatic nitrogens is 1. The van der Waals surface area contributed by atoms with Crippen molar-refractivity contribution in [1.82, 2.24) is 9.88 Å². The first kappa shape index (κ1) is 20.7. The molecular weight excluding hydrogens is 422 g/mol. The Morgan fingerprint density at radius 2 is 1.88 bits per heavy atom. The Morgan fingerprint density at radius 1 is 1.09 bits per heavy atom. The van der Waals surface area contributed by atoms with E-state index in [1.807, 2.05) is 48.5 Å². The summed E-state index contributed by atoms with van der Waals surface area (Å²) in [4.78, 5) is 32.2. The molecule has 32 heavy (non-hydrogen) atoms. The molecule has 3 aromatic rings. The maximum absolute atomic E-state index is 13.8. The van der Waals surface area contributed by atoms with Gasteiger partial charge < -0.3 is 10.6 Å². The molecular formula is C26H24ClN3O2. The number of allylic oxidation sites excluding steroid dienone is 1. The van der Waals surface area contributed by atoms with Crippen molar-refractivity contribution in [1.29, 1.82) is 0 Å². The number of pyridine rings is 1. The lowest BCUT2D eigenvalue weighted by Crippen LogP contribution is -2.44. The number of benzene rings is 2. The summed E-state index contributed by atoms with van der Waals surface area (Å²) < 4.78 is 0. The molecule has 5 rings (SSSR count). The monoisotopic (exact) mass is 445 g/mol. The average molecular weight is 446 g/mol. The molecule has 5 nitrogen and oxygen atoms in total. The third-order valence-electron chi connectivity index (χ3n) is 6.48. The summed E-state index contributed by atoms with van der Waals surface area (Å²) in [6.45, 7) is 1.02. The van der Waals surface area contributed by atoms with E-state index in [9.17, 15) is 9.59 Å². The third-order valence-corrected chi connectivity index (χ3v) is 6.73. The van der Waals surface area contributed by atoms with Gasteiger partial charge in [0.2, 0.25) is 5.91 Å². The normalized spacial score (nSPS) is 19.3. The number of nitrogens with two attached hydrogens (primary N) is 1. The number of fused-ring (bicyclic) bond motifs is 2. The van der Waals surface area contributed by atoms with E-state index >= 15 is 0 Å². The summed E-state index contributed by atoms with van der Waals surface area (Å²) in [6, 6.07) is 15.5. The van der Waals surface area contributed by atoms with Crippen LogP contribution in [0.2, 0.25) is 5.02 Å². The molecule has 2 aromatic carbocycles. The summed E-state index contributed by atoms with van der Waals surface area (Å²) in [5.74, 6) is -0.645. The zero-order valence-corrected chi connectivity index (χ0v) is 18.4. The molecule has 0 radical (unpaired) electrons. The molecule has 0 saturated carbocycles. The third kappa shape index (κ3) is 3.78. The number of hydrogen-bond acceptors (Lipinski definition) is 3. The molecule has 1 aliphatic carbocycles. The molecule has 1 aliphatic heterocycles. The predicted octanol–water partition coefficient (Wildman–Crippen LogP) is 4.71. The number of amides is 2. The van der Waals surface area contributed by atoms with Gasteiger partial charge in [0, 0.05) is 23.5 Å². The van der Waals surface area contributed by atoms with Gasteiger partial charge in [0.05, 0.1) is 22.7 Å². The topological polar surface area (TPSA) is 76.3 Å². The number of halogens is 1. The van der Waals surface area contributed by atoms with E-state index in [1.165, 1.54) is 0 Å². The van der Waals surface area contributed by atoms with Crippen LogP contribution in [0.4, 0.5) is 0 Å². The van der Waals surface area contributed by atoms with Gasteiger partial charge in [0.15, 0.2) is 0 Å². The highest BCUT2D eigenvalue weighted by molar-refractivity contribution is 6.30. The molecule has 1 fully saturated rings. The number of para-hydroxylation sites is 1. The van der Waals surface area contributed by atoms with E-state index in [4.69, 9.17) is 22.3 Å². The van der Waals surface area contributed by atoms with E-state index in [-0.39, 0.29) is 17.7 Å². The van der Waals surface area contributed by atoms with Crippen molar-refractivity contribution in [2.24, 2.45) is 11.7 Å². The van der Waals surface area contributed by atoms with Gasteiger partial charge in [-0.3, -0.25) is 9.59 Å². The zero-order valence-electron chi connectivity index (χ0n) is 17.7. The lowest BCUT2D eigenvalue weighted by atomic mass is 9.94. The highest BCUT2D eigenvalue weighted by Gasteiger charge is 2.32. The molecule has 1 unspecified atom stereocenters. The van der Waals surface area contributed by atoms with Crippen molar-refractivity contribution in [3.05, 3.63) is 75.9 Å². The fraction of sp³-hybridized carbons (Fsp3) is 0.269. The smallest absolute Gasteiger partial charge is 0.254 e. The second-order valence-electron chi connectivity index (χ2n) is 8.54. The molecule has 162 valence electrons. The van der Waals surface area contributed by atoms with Gasteiger partial charge in [0.1, 0.15) is 0 Å². The molecule has 6 heteroatoms. The SMILES string of the molecule is NC(=O)C1CCCN(C(=O)c2c3c(nc4ccccc24)/C(=C\c2ccc(Cl)cc2)CC3)C1. The van der Waals surface area contributed by atoms with Crippen LogP contribution < -0.4 is 5.73 Å². The summed E-state index contributed by atoms with van der Waals surface area (Å²) in [5, 5.41) is 1.57. The largest absolute Gasteiger partial charge is 0.369 e. The summed E-state index contributed by atoms with van der Waals surface area (Å²) in [5.41, 5.74) is 11.1. The predicted molar refractivity (Wildman–Crippen MR) is 127 cm³/mol. The van der Waals surface area contributed by atoms with Crippen LogP contribution in [0.15, 0.2) is 48.5 Å². The highest BCUT2D eigenvalue weighted by Crippen LogP contribution is 2.38. The fourth-order valence-electron chi connectivity index (χ4n) is 4.84. The Morgan fingerprint density at radius 3 is 2.66 bits per heavy atom. The molecule has 2 amide bonds. The second-order valence-corrected chi connectivity index (χ2v) is 8.98. The number of nitrogens with zero attached hydrogens (tertiary/aromatic N) is 2. The molecule has 2 aliphatic rings. The van der Waals surface area contributed by atoms with Gasteiger partial charge in [-0.2, -0.15) is 0 Å². The molecule has 0 spiro atoms. The van der Waals surface area contributed by atoms with Crippen molar-refractivity contribution in [2.45, 2.75) is 25.7 Å². The number of likely N-dealkylation sites (tertiary alicyclic amines) is 1. The van der Waals surface area contributed by atoms with Crippen molar-refractivity contribution in [3.63, 3.8) is 0 Å². The van der Waals surface area contributed by atoms with E-state index in [0.29, 0.717) is 18.1 Å². The van der Waals surface area contributed by atoms with Crippen molar-refractivity contribution >= 4 is 46.0 Å². The van der Waals surface area contributed by atoms with Crippen LogP contribution in [0.3, 0.4) is 0 Å². The highest BCUT2D eigenvalue weighted by atomic mass is 35.5. The molecule has 1 saturated heterocycles. The summed E-state index contributed by atoms with van der Waals surface area (Å²) >= 11 is 6.03. The maximum Gasteiger partial charge on any atom is 0.254 e. The first-order chi connectivity index (χ1) is 15.5. The molecule has 1 atom stereocenters. The Labute approximate surface area is 191 Å². The standard InChI is InChI=1S/C26H24ClN3O2/c27-19-10-7-16(8-11-19)14-17-9-12-21-23(20-5-1-2-6-22(20)29-24(17)21)26(32)30-13-3-4-18(15-30)25(28)31/h1-2,5-8,10-11,14,18H,3-4,9,12-13,15H2,(H2,28,31)/b17-14-. The maximum atomic E-state index is 13.8. The van der Waals surface area contributed by atoms with E-state index < -0.39 is 0 Å². The second kappa shape index (κ2) is 8.40. The lowest BCUT2D eigenvalue weighted by molar-refractivity contribution is -0.123. The number of primary amides is 1. The Hall–Kier alpha value is -3.18. The summed E-state index contributed by atoms with van der Waals surface area (Å²) in [7, 11) is 0. The van der Waals surface area contributed by atoms with Crippen LogP contribution in [0.25, 0.3) is 22.6 Å². The lowest BCUT2D eigenvalue weighted by Gasteiger charge is -2.32. The number of carbonyl (C=O) groups excluding carboxylic acids is 2. The molecule has 2 heterocycles.